The van der Waals surface area contributed by atoms with Crippen molar-refractivity contribution in [3.8, 4) is 0 Å². The van der Waals surface area contributed by atoms with Crippen molar-refractivity contribution in [3.63, 3.8) is 0 Å². The molecular weight excluding hydrogens is 209 g/mol. The fraction of sp³-hybridized carbons (Fsp3) is 0.917. The van der Waals surface area contributed by atoms with Gasteiger partial charge in [0.2, 0.25) is 0 Å². The molecule has 0 aliphatic heterocycles. The molecule has 0 aromatic carbocycles. The fourth-order valence-corrected chi connectivity index (χ4v) is 2.98. The molecule has 0 amide bonds. The highest BCUT2D eigenvalue weighted by atomic mass is 19.1. The van der Waals surface area contributed by atoms with E-state index in [0.29, 0.717) is 25.7 Å². The van der Waals surface area contributed by atoms with Gasteiger partial charge in [-0.3, -0.25) is 4.79 Å². The summed E-state index contributed by atoms with van der Waals surface area (Å²) in [6.07, 6.45) is 1.59. The molecule has 2 rings (SSSR count). The molecule has 0 saturated heterocycles. The fourth-order valence-electron chi connectivity index (χ4n) is 2.98. The van der Waals surface area contributed by atoms with Crippen molar-refractivity contribution in [2.45, 2.75) is 63.8 Å². The van der Waals surface area contributed by atoms with Gasteiger partial charge in [0.1, 0.15) is 17.3 Å². The minimum atomic E-state index is -0.868. The molecule has 0 heterocycles. The Hall–Kier alpha value is -0.640. The predicted octanol–water partition coefficient (Wildman–Crippen LogP) is 1.94. The first-order chi connectivity index (χ1) is 7.14. The van der Waals surface area contributed by atoms with Gasteiger partial charge in [0, 0.05) is 0 Å². The number of hydrogen-bond donors (Lipinski definition) is 1. The molecule has 2 aliphatic rings. The van der Waals surface area contributed by atoms with Crippen LogP contribution in [0.3, 0.4) is 0 Å². The zero-order valence-electron chi connectivity index (χ0n) is 10.2. The molecule has 0 aromatic heterocycles. The Labute approximate surface area is 95.5 Å². The first kappa shape index (κ1) is 11.8. The summed E-state index contributed by atoms with van der Waals surface area (Å²) in [5.41, 5.74) is 4.62. The zero-order valence-corrected chi connectivity index (χ0v) is 10.2. The lowest BCUT2D eigenvalue weighted by Crippen LogP contribution is -2.67. The summed E-state index contributed by atoms with van der Waals surface area (Å²) in [6.45, 7) is 5.47. The van der Waals surface area contributed by atoms with Gasteiger partial charge < -0.3 is 10.5 Å². The van der Waals surface area contributed by atoms with Crippen molar-refractivity contribution in [1.82, 2.24) is 0 Å². The van der Waals surface area contributed by atoms with Gasteiger partial charge >= 0.3 is 5.97 Å². The summed E-state index contributed by atoms with van der Waals surface area (Å²) in [6, 6.07) is 0. The average molecular weight is 229 g/mol. The molecule has 2 saturated carbocycles. The largest absolute Gasteiger partial charge is 0.459 e. The van der Waals surface area contributed by atoms with E-state index in [1.807, 2.05) is 20.8 Å². The Balaban J connectivity index is 1.90. The highest BCUT2D eigenvalue weighted by Crippen LogP contribution is 2.60. The van der Waals surface area contributed by atoms with Crippen LogP contribution in [0.25, 0.3) is 0 Å². The summed E-state index contributed by atoms with van der Waals surface area (Å²) in [4.78, 5) is 11.8. The van der Waals surface area contributed by atoms with Gasteiger partial charge in [-0.05, 0) is 51.9 Å². The first-order valence-electron chi connectivity index (χ1n) is 5.81. The van der Waals surface area contributed by atoms with Gasteiger partial charge in [-0.1, -0.05) is 0 Å². The second kappa shape index (κ2) is 3.19. The van der Waals surface area contributed by atoms with Crippen molar-refractivity contribution in [3.05, 3.63) is 0 Å². The topological polar surface area (TPSA) is 52.3 Å². The Kier molecular flexibility index (Phi) is 2.36. The minimum Gasteiger partial charge on any atom is -0.459 e. The van der Waals surface area contributed by atoms with Crippen molar-refractivity contribution in [2.24, 2.45) is 11.1 Å². The van der Waals surface area contributed by atoms with Gasteiger partial charge in [-0.25, -0.2) is 4.39 Å². The number of ether oxygens (including phenoxy) is 1. The Morgan fingerprint density at radius 2 is 1.88 bits per heavy atom. The maximum atomic E-state index is 12.8. The van der Waals surface area contributed by atoms with Gasteiger partial charge in [-0.15, -0.1) is 0 Å². The van der Waals surface area contributed by atoms with Crippen LogP contribution in [0, 0.1) is 5.41 Å². The SMILES string of the molecule is CC(C)(C)OC(=O)C1(N)CC2(CC(F)C2)C1. The van der Waals surface area contributed by atoms with Crippen LogP contribution in [0.5, 0.6) is 0 Å². The second-order valence-electron chi connectivity index (χ2n) is 6.52. The summed E-state index contributed by atoms with van der Waals surface area (Å²) in [5, 5.41) is 0. The quantitative estimate of drug-likeness (QED) is 0.699. The number of halogens is 1. The Morgan fingerprint density at radius 3 is 2.25 bits per heavy atom. The molecule has 92 valence electrons. The molecule has 0 bridgehead atoms. The van der Waals surface area contributed by atoms with Gasteiger partial charge in [0.25, 0.3) is 0 Å². The number of hydrogen-bond acceptors (Lipinski definition) is 3. The van der Waals surface area contributed by atoms with E-state index >= 15 is 0 Å². The molecule has 2 aliphatic carbocycles. The lowest BCUT2D eigenvalue weighted by Gasteiger charge is -2.59. The number of carbonyl (C=O) groups excluding carboxylic acids is 1. The number of alkyl halides is 1. The van der Waals surface area contributed by atoms with Crippen molar-refractivity contribution in [1.29, 1.82) is 0 Å². The normalized spacial score (nSPS) is 42.4. The predicted molar refractivity (Wildman–Crippen MR) is 58.6 cm³/mol. The van der Waals surface area contributed by atoms with Crippen LogP contribution >= 0.6 is 0 Å². The third kappa shape index (κ3) is 1.95. The maximum Gasteiger partial charge on any atom is 0.326 e. The highest BCUT2D eigenvalue weighted by molar-refractivity contribution is 5.82. The van der Waals surface area contributed by atoms with E-state index in [-0.39, 0.29) is 11.4 Å². The molecule has 16 heavy (non-hydrogen) atoms. The van der Waals surface area contributed by atoms with Crippen molar-refractivity contribution in [2.75, 3.05) is 0 Å². The molecule has 0 aromatic rings. The van der Waals surface area contributed by atoms with Gasteiger partial charge in [0.05, 0.1) is 0 Å². The lowest BCUT2D eigenvalue weighted by atomic mass is 9.48. The van der Waals surface area contributed by atoms with E-state index in [2.05, 4.69) is 0 Å². The Morgan fingerprint density at radius 1 is 1.38 bits per heavy atom. The smallest absolute Gasteiger partial charge is 0.326 e. The van der Waals surface area contributed by atoms with Crippen LogP contribution in [0.2, 0.25) is 0 Å². The summed E-state index contributed by atoms with van der Waals surface area (Å²) in [5.74, 6) is -0.340. The highest BCUT2D eigenvalue weighted by Gasteiger charge is 2.62. The number of esters is 1. The van der Waals surface area contributed by atoms with Crippen LogP contribution in [-0.2, 0) is 9.53 Å². The van der Waals surface area contributed by atoms with Crippen LogP contribution in [-0.4, -0.2) is 23.3 Å². The lowest BCUT2D eigenvalue weighted by molar-refractivity contribution is -0.180. The van der Waals surface area contributed by atoms with E-state index in [1.165, 1.54) is 0 Å². The molecule has 2 fully saturated rings. The number of carbonyl (C=O) groups is 1. The van der Waals surface area contributed by atoms with E-state index in [4.69, 9.17) is 10.5 Å². The van der Waals surface area contributed by atoms with E-state index in [0.717, 1.165) is 0 Å². The molecule has 2 N–H and O–H groups in total. The van der Waals surface area contributed by atoms with E-state index in [1.54, 1.807) is 0 Å². The third-order valence-electron chi connectivity index (χ3n) is 3.50. The average Bonchev–Trinajstić information content (AvgIpc) is 1.94. The van der Waals surface area contributed by atoms with Crippen LogP contribution in [0.1, 0.15) is 46.5 Å². The summed E-state index contributed by atoms with van der Waals surface area (Å²) < 4.78 is 18.1. The van der Waals surface area contributed by atoms with Crippen LogP contribution in [0.4, 0.5) is 4.39 Å². The number of nitrogens with two attached hydrogens (primary N) is 1. The van der Waals surface area contributed by atoms with Crippen molar-refractivity contribution >= 4 is 5.97 Å². The Bertz CT molecular complexity index is 307. The molecule has 0 radical (unpaired) electrons. The summed E-state index contributed by atoms with van der Waals surface area (Å²) >= 11 is 0. The first-order valence-corrected chi connectivity index (χ1v) is 5.81. The summed E-state index contributed by atoms with van der Waals surface area (Å²) in [7, 11) is 0. The molecule has 3 nitrogen and oxygen atoms in total. The molecule has 0 unspecified atom stereocenters. The monoisotopic (exact) mass is 229 g/mol. The molecule has 1 spiro atoms. The van der Waals surface area contributed by atoms with Crippen molar-refractivity contribution < 1.29 is 13.9 Å². The van der Waals surface area contributed by atoms with Gasteiger partial charge in [-0.2, -0.15) is 0 Å². The van der Waals surface area contributed by atoms with Crippen LogP contribution in [0.15, 0.2) is 0 Å². The minimum absolute atomic E-state index is 0.00503. The van der Waals surface area contributed by atoms with Crippen LogP contribution < -0.4 is 5.73 Å². The molecular formula is C12H20FNO2. The molecule has 4 heteroatoms. The zero-order chi connectivity index (χ0) is 12.2. The standard InChI is InChI=1S/C12H20FNO2/c1-10(2,3)16-9(15)12(14)6-11(7-12)4-8(13)5-11/h8H,4-7,14H2,1-3H3. The maximum absolute atomic E-state index is 12.8. The van der Waals surface area contributed by atoms with E-state index in [9.17, 15) is 9.18 Å². The van der Waals surface area contributed by atoms with Gasteiger partial charge in [0.15, 0.2) is 0 Å². The number of rotatable bonds is 1. The third-order valence-corrected chi connectivity index (χ3v) is 3.50. The van der Waals surface area contributed by atoms with E-state index < -0.39 is 17.3 Å². The second-order valence-corrected chi connectivity index (χ2v) is 6.52. The molecule has 0 atom stereocenters.